The summed E-state index contributed by atoms with van der Waals surface area (Å²) >= 11 is 3.34. The van der Waals surface area contributed by atoms with Crippen LogP contribution in [0.4, 0.5) is 5.69 Å². The van der Waals surface area contributed by atoms with Gasteiger partial charge in [-0.15, -0.1) is 0 Å². The average molecular weight is 314 g/mol. The van der Waals surface area contributed by atoms with Gasteiger partial charge in [-0.25, -0.2) is 0 Å². The summed E-state index contributed by atoms with van der Waals surface area (Å²) in [5, 5.41) is 14.2. The lowest BCUT2D eigenvalue weighted by Gasteiger charge is -2.34. The highest BCUT2D eigenvalue weighted by molar-refractivity contribution is 9.10. The Hall–Kier alpha value is -0.980. The first-order chi connectivity index (χ1) is 8.59. The number of nitro benzene ring substituents is 1. The summed E-state index contributed by atoms with van der Waals surface area (Å²) in [6, 6.07) is 5.65. The largest absolute Gasteiger partial charge is 0.314 e. The van der Waals surface area contributed by atoms with Crippen LogP contribution in [0.3, 0.4) is 0 Å². The Morgan fingerprint density at radius 3 is 3.06 bits per heavy atom. The molecule has 6 heteroatoms. The van der Waals surface area contributed by atoms with Gasteiger partial charge in [-0.1, -0.05) is 12.1 Å². The van der Waals surface area contributed by atoms with Crippen molar-refractivity contribution in [3.05, 3.63) is 38.3 Å². The van der Waals surface area contributed by atoms with Crippen molar-refractivity contribution in [3.8, 4) is 0 Å². The molecule has 1 aromatic rings. The van der Waals surface area contributed by atoms with Gasteiger partial charge in [0.05, 0.1) is 9.40 Å². The Bertz CT molecular complexity index is 453. The normalized spacial score (nSPS) is 20.9. The lowest BCUT2D eigenvalue weighted by atomic mass is 10.1. The maximum atomic E-state index is 10.9. The smallest absolute Gasteiger partial charge is 0.283 e. The minimum Gasteiger partial charge on any atom is -0.314 e. The molecule has 0 spiro atoms. The van der Waals surface area contributed by atoms with E-state index in [-0.39, 0.29) is 10.6 Å². The van der Waals surface area contributed by atoms with Crippen LogP contribution in [-0.4, -0.2) is 35.5 Å². The maximum absolute atomic E-state index is 10.9. The quantitative estimate of drug-likeness (QED) is 0.686. The van der Waals surface area contributed by atoms with Crippen LogP contribution in [0.1, 0.15) is 12.5 Å². The van der Waals surface area contributed by atoms with E-state index in [1.807, 2.05) is 6.07 Å². The van der Waals surface area contributed by atoms with Crippen molar-refractivity contribution in [1.29, 1.82) is 0 Å². The first kappa shape index (κ1) is 13.5. The molecule has 0 unspecified atom stereocenters. The van der Waals surface area contributed by atoms with E-state index < -0.39 is 0 Å². The Kier molecular flexibility index (Phi) is 4.31. The molecule has 0 bridgehead atoms. The van der Waals surface area contributed by atoms with E-state index in [1.165, 1.54) is 6.07 Å². The number of nitro groups is 1. The number of halogens is 1. The lowest BCUT2D eigenvalue weighted by molar-refractivity contribution is -0.385. The summed E-state index contributed by atoms with van der Waals surface area (Å²) in [4.78, 5) is 12.9. The number of nitrogens with zero attached hydrogens (tertiary/aromatic N) is 2. The third kappa shape index (κ3) is 2.88. The minimum absolute atomic E-state index is 0.135. The first-order valence-corrected chi connectivity index (χ1v) is 6.75. The van der Waals surface area contributed by atoms with E-state index in [4.69, 9.17) is 0 Å². The van der Waals surface area contributed by atoms with Crippen molar-refractivity contribution in [2.75, 3.05) is 19.6 Å². The first-order valence-electron chi connectivity index (χ1n) is 5.96. The minimum atomic E-state index is -0.352. The van der Waals surface area contributed by atoms with Gasteiger partial charge in [0.15, 0.2) is 0 Å². The molecule has 1 aromatic carbocycles. The Morgan fingerprint density at radius 1 is 1.61 bits per heavy atom. The van der Waals surface area contributed by atoms with Crippen LogP contribution >= 0.6 is 15.9 Å². The molecule has 1 heterocycles. The van der Waals surface area contributed by atoms with Crippen molar-refractivity contribution >= 4 is 21.6 Å². The average Bonchev–Trinajstić information content (AvgIpc) is 2.34. The standard InChI is InChI=1S/C12H16BrN3O2/c1-9-7-14-5-6-15(9)8-10-3-2-4-11(12(10)13)16(17)18/h2-4,9,14H,5-8H2,1H3/t9-/m0/s1. The number of hydrogen-bond donors (Lipinski definition) is 1. The van der Waals surface area contributed by atoms with Crippen LogP contribution in [0.25, 0.3) is 0 Å². The van der Waals surface area contributed by atoms with Crippen LogP contribution in [0.15, 0.2) is 22.7 Å². The molecule has 5 nitrogen and oxygen atoms in total. The number of piperazine rings is 1. The highest BCUT2D eigenvalue weighted by Gasteiger charge is 2.21. The van der Waals surface area contributed by atoms with Crippen molar-refractivity contribution in [3.63, 3.8) is 0 Å². The topological polar surface area (TPSA) is 58.4 Å². The molecule has 1 aliphatic heterocycles. The van der Waals surface area contributed by atoms with Crippen molar-refractivity contribution in [1.82, 2.24) is 10.2 Å². The summed E-state index contributed by atoms with van der Waals surface area (Å²) in [5.41, 5.74) is 1.10. The van der Waals surface area contributed by atoms with E-state index in [2.05, 4.69) is 33.1 Å². The highest BCUT2D eigenvalue weighted by atomic mass is 79.9. The second-order valence-corrected chi connectivity index (χ2v) is 5.32. The third-order valence-electron chi connectivity index (χ3n) is 3.27. The molecule has 1 atom stereocenters. The van der Waals surface area contributed by atoms with Crippen molar-refractivity contribution in [2.45, 2.75) is 19.5 Å². The molecular formula is C12H16BrN3O2. The zero-order chi connectivity index (χ0) is 13.1. The van der Waals surface area contributed by atoms with E-state index in [0.29, 0.717) is 10.5 Å². The Morgan fingerprint density at radius 2 is 2.39 bits per heavy atom. The van der Waals surface area contributed by atoms with Crippen LogP contribution in [0, 0.1) is 10.1 Å². The number of rotatable bonds is 3. The zero-order valence-corrected chi connectivity index (χ0v) is 11.8. The molecule has 0 radical (unpaired) electrons. The van der Waals surface area contributed by atoms with Crippen LogP contribution < -0.4 is 5.32 Å². The van der Waals surface area contributed by atoms with E-state index in [1.54, 1.807) is 6.07 Å². The number of nitrogens with one attached hydrogen (secondary N) is 1. The number of hydrogen-bond acceptors (Lipinski definition) is 4. The van der Waals surface area contributed by atoms with Crippen LogP contribution in [0.5, 0.6) is 0 Å². The molecule has 0 amide bonds. The van der Waals surface area contributed by atoms with E-state index in [0.717, 1.165) is 31.7 Å². The van der Waals surface area contributed by atoms with Gasteiger partial charge in [-0.05, 0) is 28.4 Å². The van der Waals surface area contributed by atoms with E-state index >= 15 is 0 Å². The van der Waals surface area contributed by atoms with Gasteiger partial charge in [0.1, 0.15) is 0 Å². The fourth-order valence-electron chi connectivity index (χ4n) is 2.17. The molecule has 0 saturated carbocycles. The van der Waals surface area contributed by atoms with Gasteiger partial charge in [-0.3, -0.25) is 15.0 Å². The molecule has 1 aliphatic rings. The maximum Gasteiger partial charge on any atom is 0.283 e. The molecular weight excluding hydrogens is 298 g/mol. The van der Waals surface area contributed by atoms with Crippen LogP contribution in [-0.2, 0) is 6.54 Å². The van der Waals surface area contributed by atoms with Gasteiger partial charge in [0, 0.05) is 38.3 Å². The SMILES string of the molecule is C[C@H]1CNCCN1Cc1cccc([N+](=O)[O-])c1Br. The highest BCUT2D eigenvalue weighted by Crippen LogP contribution is 2.29. The monoisotopic (exact) mass is 313 g/mol. The predicted octanol–water partition coefficient (Wildman–Crippen LogP) is 2.15. The Balaban J connectivity index is 2.18. The summed E-state index contributed by atoms with van der Waals surface area (Å²) in [6.45, 7) is 5.81. The molecule has 1 N–H and O–H groups in total. The molecule has 1 fully saturated rings. The second-order valence-electron chi connectivity index (χ2n) is 4.53. The fraction of sp³-hybridized carbons (Fsp3) is 0.500. The van der Waals surface area contributed by atoms with Gasteiger partial charge in [-0.2, -0.15) is 0 Å². The van der Waals surface area contributed by atoms with Gasteiger partial charge >= 0.3 is 0 Å². The van der Waals surface area contributed by atoms with Crippen LogP contribution in [0.2, 0.25) is 0 Å². The lowest BCUT2D eigenvalue weighted by Crippen LogP contribution is -2.49. The number of benzene rings is 1. The van der Waals surface area contributed by atoms with Gasteiger partial charge < -0.3 is 5.32 Å². The molecule has 18 heavy (non-hydrogen) atoms. The Labute approximate surface area is 114 Å². The molecule has 98 valence electrons. The van der Waals surface area contributed by atoms with Gasteiger partial charge in [0.25, 0.3) is 5.69 Å². The summed E-state index contributed by atoms with van der Waals surface area (Å²) in [6.07, 6.45) is 0. The predicted molar refractivity (Wildman–Crippen MR) is 73.5 cm³/mol. The van der Waals surface area contributed by atoms with E-state index in [9.17, 15) is 10.1 Å². The summed E-state index contributed by atoms with van der Waals surface area (Å²) in [5.74, 6) is 0. The third-order valence-corrected chi connectivity index (χ3v) is 4.18. The summed E-state index contributed by atoms with van der Waals surface area (Å²) < 4.78 is 0.598. The molecule has 1 saturated heterocycles. The summed E-state index contributed by atoms with van der Waals surface area (Å²) in [7, 11) is 0. The van der Waals surface area contributed by atoms with Gasteiger partial charge in [0.2, 0.25) is 0 Å². The molecule has 0 aliphatic carbocycles. The molecule has 0 aromatic heterocycles. The van der Waals surface area contributed by atoms with Crippen molar-refractivity contribution < 1.29 is 4.92 Å². The zero-order valence-electron chi connectivity index (χ0n) is 10.2. The molecule has 2 rings (SSSR count). The fourth-order valence-corrected chi connectivity index (χ4v) is 2.70. The second kappa shape index (κ2) is 5.77. The van der Waals surface area contributed by atoms with Crippen molar-refractivity contribution in [2.24, 2.45) is 0 Å².